The van der Waals surface area contributed by atoms with E-state index in [0.29, 0.717) is 11.6 Å². The summed E-state index contributed by atoms with van der Waals surface area (Å²) in [7, 11) is 0. The lowest BCUT2D eigenvalue weighted by Gasteiger charge is -2.33. The van der Waals surface area contributed by atoms with Crippen molar-refractivity contribution in [2.75, 3.05) is 13.1 Å². The first-order valence-corrected chi connectivity index (χ1v) is 9.02. The van der Waals surface area contributed by atoms with Gasteiger partial charge in [-0.1, -0.05) is 12.5 Å². The molecule has 1 amide bonds. The van der Waals surface area contributed by atoms with Gasteiger partial charge in [-0.15, -0.1) is 0 Å². The lowest BCUT2D eigenvalue weighted by molar-refractivity contribution is 0.0696. The van der Waals surface area contributed by atoms with Crippen LogP contribution >= 0.6 is 0 Å². The predicted octanol–water partition coefficient (Wildman–Crippen LogP) is 3.10. The van der Waals surface area contributed by atoms with Gasteiger partial charge in [0.25, 0.3) is 5.91 Å². The van der Waals surface area contributed by atoms with Gasteiger partial charge in [-0.2, -0.15) is 0 Å². The first kappa shape index (κ1) is 15.4. The Morgan fingerprint density at radius 3 is 2.79 bits per heavy atom. The molecule has 0 N–H and O–H groups in total. The summed E-state index contributed by atoms with van der Waals surface area (Å²) >= 11 is 0. The number of imidazole rings is 1. The molecule has 0 unspecified atom stereocenters. The molecule has 0 spiro atoms. The lowest BCUT2D eigenvalue weighted by atomic mass is 9.85. The molecule has 5 heteroatoms. The Hall–Kier alpha value is -2.17. The SMILES string of the molecule is O=C(c1ccccn1)N1CCC[C@H](c2nccn2CC2CCC2)C1. The van der Waals surface area contributed by atoms with E-state index in [4.69, 9.17) is 0 Å². The van der Waals surface area contributed by atoms with Crippen molar-refractivity contribution < 1.29 is 4.79 Å². The molecular weight excluding hydrogens is 300 g/mol. The number of likely N-dealkylation sites (tertiary alicyclic amines) is 1. The highest BCUT2D eigenvalue weighted by Gasteiger charge is 2.29. The van der Waals surface area contributed by atoms with Crippen molar-refractivity contribution in [3.8, 4) is 0 Å². The van der Waals surface area contributed by atoms with Gasteiger partial charge in [0.1, 0.15) is 11.5 Å². The number of hydrogen-bond acceptors (Lipinski definition) is 3. The van der Waals surface area contributed by atoms with Gasteiger partial charge >= 0.3 is 0 Å². The zero-order valence-corrected chi connectivity index (χ0v) is 14.0. The first-order chi connectivity index (χ1) is 11.8. The Kier molecular flexibility index (Phi) is 4.32. The second-order valence-electron chi connectivity index (χ2n) is 7.04. The number of pyridine rings is 1. The molecule has 0 aromatic carbocycles. The maximum absolute atomic E-state index is 12.7. The maximum atomic E-state index is 12.7. The average molecular weight is 324 g/mol. The maximum Gasteiger partial charge on any atom is 0.272 e. The molecule has 0 bridgehead atoms. The van der Waals surface area contributed by atoms with Crippen LogP contribution in [0.1, 0.15) is 54.3 Å². The van der Waals surface area contributed by atoms with E-state index < -0.39 is 0 Å². The highest BCUT2D eigenvalue weighted by Crippen LogP contribution is 2.31. The molecule has 1 saturated heterocycles. The van der Waals surface area contributed by atoms with Gasteiger partial charge < -0.3 is 9.47 Å². The van der Waals surface area contributed by atoms with Crippen molar-refractivity contribution in [1.82, 2.24) is 19.4 Å². The molecule has 126 valence electrons. The standard InChI is InChI=1S/C19H24N4O/c24-19(17-8-1-2-9-20-17)23-11-4-7-16(14-23)18-21-10-12-22(18)13-15-5-3-6-15/h1-2,8-10,12,15-16H,3-7,11,13-14H2/t16-/m0/s1. The second-order valence-corrected chi connectivity index (χ2v) is 7.04. The zero-order valence-electron chi connectivity index (χ0n) is 14.0. The molecule has 1 atom stereocenters. The minimum atomic E-state index is 0.0393. The van der Waals surface area contributed by atoms with E-state index in [0.717, 1.165) is 44.2 Å². The number of aromatic nitrogens is 3. The molecule has 2 aromatic heterocycles. The van der Waals surface area contributed by atoms with Crippen LogP contribution in [-0.2, 0) is 6.54 Å². The van der Waals surface area contributed by atoms with Crippen LogP contribution in [0.25, 0.3) is 0 Å². The quantitative estimate of drug-likeness (QED) is 0.868. The molecule has 2 aromatic rings. The van der Waals surface area contributed by atoms with E-state index in [1.165, 1.54) is 19.3 Å². The van der Waals surface area contributed by atoms with Gasteiger partial charge in [0.2, 0.25) is 0 Å². The summed E-state index contributed by atoms with van der Waals surface area (Å²) in [5.41, 5.74) is 0.538. The fraction of sp³-hybridized carbons (Fsp3) is 0.526. The monoisotopic (exact) mass is 324 g/mol. The summed E-state index contributed by atoms with van der Waals surface area (Å²) in [6.45, 7) is 2.65. The van der Waals surface area contributed by atoms with Gasteiger partial charge in [0.05, 0.1) is 0 Å². The van der Waals surface area contributed by atoms with Crippen molar-refractivity contribution in [2.45, 2.75) is 44.6 Å². The summed E-state index contributed by atoms with van der Waals surface area (Å²) in [5, 5.41) is 0. The van der Waals surface area contributed by atoms with Gasteiger partial charge in [-0.05, 0) is 43.7 Å². The zero-order chi connectivity index (χ0) is 16.4. The molecule has 2 aliphatic rings. The Morgan fingerprint density at radius 1 is 1.12 bits per heavy atom. The van der Waals surface area contributed by atoms with E-state index in [1.807, 2.05) is 23.2 Å². The average Bonchev–Trinajstić information content (AvgIpc) is 3.07. The van der Waals surface area contributed by atoms with Crippen molar-refractivity contribution in [2.24, 2.45) is 5.92 Å². The minimum Gasteiger partial charge on any atom is -0.337 e. The molecule has 5 nitrogen and oxygen atoms in total. The Labute approximate surface area is 142 Å². The number of amides is 1. The van der Waals surface area contributed by atoms with Crippen LogP contribution in [0.15, 0.2) is 36.8 Å². The summed E-state index contributed by atoms with van der Waals surface area (Å²) in [4.78, 5) is 23.4. The second kappa shape index (κ2) is 6.75. The number of carbonyl (C=O) groups is 1. The molecule has 4 rings (SSSR count). The van der Waals surface area contributed by atoms with Crippen LogP contribution in [0.5, 0.6) is 0 Å². The van der Waals surface area contributed by atoms with E-state index >= 15 is 0 Å². The van der Waals surface area contributed by atoms with Gasteiger partial charge in [-0.25, -0.2) is 4.98 Å². The van der Waals surface area contributed by atoms with Crippen LogP contribution in [-0.4, -0.2) is 38.4 Å². The fourth-order valence-electron chi connectivity index (χ4n) is 3.81. The third-order valence-corrected chi connectivity index (χ3v) is 5.39. The molecule has 1 aliphatic heterocycles. The molecule has 3 heterocycles. The number of nitrogens with zero attached hydrogens (tertiary/aromatic N) is 4. The topological polar surface area (TPSA) is 51.0 Å². The van der Waals surface area contributed by atoms with Crippen molar-refractivity contribution in [3.05, 3.63) is 48.3 Å². The van der Waals surface area contributed by atoms with E-state index in [2.05, 4.69) is 20.7 Å². The third kappa shape index (κ3) is 3.07. The predicted molar refractivity (Wildman–Crippen MR) is 91.7 cm³/mol. The summed E-state index contributed by atoms with van der Waals surface area (Å²) in [6, 6.07) is 5.50. The Bertz CT molecular complexity index is 692. The molecule has 1 aliphatic carbocycles. The van der Waals surface area contributed by atoms with E-state index in [1.54, 1.807) is 12.3 Å². The number of carbonyl (C=O) groups excluding carboxylic acids is 1. The summed E-state index contributed by atoms with van der Waals surface area (Å²) < 4.78 is 2.32. The largest absolute Gasteiger partial charge is 0.337 e. The summed E-state index contributed by atoms with van der Waals surface area (Å²) in [6.07, 6.45) is 11.9. The Balaban J connectivity index is 1.47. The molecule has 2 fully saturated rings. The number of rotatable bonds is 4. The molecular formula is C19H24N4O. The third-order valence-electron chi connectivity index (χ3n) is 5.39. The van der Waals surface area contributed by atoms with Gasteiger partial charge in [0, 0.05) is 44.1 Å². The molecule has 24 heavy (non-hydrogen) atoms. The van der Waals surface area contributed by atoms with E-state index in [-0.39, 0.29) is 5.91 Å². The van der Waals surface area contributed by atoms with Crippen LogP contribution in [0, 0.1) is 5.92 Å². The van der Waals surface area contributed by atoms with Crippen LogP contribution < -0.4 is 0 Å². The van der Waals surface area contributed by atoms with Crippen molar-refractivity contribution in [1.29, 1.82) is 0 Å². The lowest BCUT2D eigenvalue weighted by Crippen LogP contribution is -2.40. The molecule has 1 saturated carbocycles. The normalized spacial score (nSPS) is 21.5. The highest BCUT2D eigenvalue weighted by atomic mass is 16.2. The van der Waals surface area contributed by atoms with Gasteiger partial charge in [-0.3, -0.25) is 9.78 Å². The molecule has 0 radical (unpaired) electrons. The fourth-order valence-corrected chi connectivity index (χ4v) is 3.81. The van der Waals surface area contributed by atoms with Crippen LogP contribution in [0.2, 0.25) is 0 Å². The van der Waals surface area contributed by atoms with Crippen LogP contribution in [0.4, 0.5) is 0 Å². The van der Waals surface area contributed by atoms with Crippen molar-refractivity contribution in [3.63, 3.8) is 0 Å². The summed E-state index contributed by atoms with van der Waals surface area (Å²) in [5.74, 6) is 2.34. The van der Waals surface area contributed by atoms with Crippen molar-refractivity contribution >= 4 is 5.91 Å². The van der Waals surface area contributed by atoms with Gasteiger partial charge in [0.15, 0.2) is 0 Å². The highest BCUT2D eigenvalue weighted by molar-refractivity contribution is 5.92. The van der Waals surface area contributed by atoms with E-state index in [9.17, 15) is 4.79 Å². The number of piperidine rings is 1. The first-order valence-electron chi connectivity index (χ1n) is 9.02. The Morgan fingerprint density at radius 2 is 2.04 bits per heavy atom. The smallest absolute Gasteiger partial charge is 0.272 e. The number of hydrogen-bond donors (Lipinski definition) is 0. The minimum absolute atomic E-state index is 0.0393. The van der Waals surface area contributed by atoms with Crippen LogP contribution in [0.3, 0.4) is 0 Å².